The van der Waals surface area contributed by atoms with Crippen LogP contribution in [0.1, 0.15) is 0 Å². The number of amides is 1. The van der Waals surface area contributed by atoms with Gasteiger partial charge in [0.05, 0.1) is 12.5 Å². The van der Waals surface area contributed by atoms with Crippen LogP contribution >= 0.6 is 0 Å². The van der Waals surface area contributed by atoms with Crippen molar-refractivity contribution >= 4 is 27.4 Å². The number of nitrogens with one attached hydrogen (secondary N) is 2. The summed E-state index contributed by atoms with van der Waals surface area (Å²) in [5, 5.41) is 10.3. The molecule has 1 amide bonds. The van der Waals surface area contributed by atoms with Gasteiger partial charge in [0.15, 0.2) is 17.3 Å². The molecule has 0 saturated heterocycles. The third kappa shape index (κ3) is 3.88. The average molecular weight is 339 g/mol. The minimum absolute atomic E-state index is 0.0448. The normalized spacial score (nSPS) is 12.9. The lowest BCUT2D eigenvalue weighted by molar-refractivity contribution is -0.117. The smallest absolute Gasteiger partial charge is 0.247 e. The summed E-state index contributed by atoms with van der Waals surface area (Å²) >= 11 is 0. The van der Waals surface area contributed by atoms with Gasteiger partial charge in [0.1, 0.15) is 6.54 Å². The van der Waals surface area contributed by atoms with E-state index in [0.29, 0.717) is 17.2 Å². The second kappa shape index (κ2) is 5.76. The topological polar surface area (TPSA) is 124 Å². The summed E-state index contributed by atoms with van der Waals surface area (Å²) in [5.74, 6) is 0.849. The molecular weight excluding hydrogens is 326 g/mol. The van der Waals surface area contributed by atoms with Crippen molar-refractivity contribution in [3.05, 3.63) is 24.4 Å². The first kappa shape index (κ1) is 15.1. The minimum atomic E-state index is -3.44. The fraction of sp³-hybridized carbons (Fsp3) is 0.250. The molecule has 122 valence electrons. The summed E-state index contributed by atoms with van der Waals surface area (Å²) in [7, 11) is -3.44. The highest BCUT2D eigenvalue weighted by atomic mass is 32.2. The van der Waals surface area contributed by atoms with Crippen LogP contribution in [0.25, 0.3) is 0 Å². The number of carbonyl (C=O) groups is 1. The van der Waals surface area contributed by atoms with Crippen molar-refractivity contribution in [2.24, 2.45) is 0 Å². The summed E-state index contributed by atoms with van der Waals surface area (Å²) in [4.78, 5) is 13.0. The monoisotopic (exact) mass is 339 g/mol. The largest absolute Gasteiger partial charge is 0.454 e. The third-order valence-electron chi connectivity index (χ3n) is 2.77. The molecule has 2 N–H and O–H groups in total. The van der Waals surface area contributed by atoms with Crippen LogP contribution in [0.2, 0.25) is 0 Å². The van der Waals surface area contributed by atoms with Gasteiger partial charge in [-0.2, -0.15) is 9.90 Å². The second-order valence-electron chi connectivity index (χ2n) is 4.75. The van der Waals surface area contributed by atoms with E-state index in [9.17, 15) is 13.2 Å². The first-order valence-electron chi connectivity index (χ1n) is 6.46. The van der Waals surface area contributed by atoms with Crippen LogP contribution in [-0.4, -0.2) is 42.4 Å². The number of hydrogen-bond donors (Lipinski definition) is 2. The summed E-state index contributed by atoms with van der Waals surface area (Å²) < 4.78 is 34.7. The molecule has 11 heteroatoms. The minimum Gasteiger partial charge on any atom is -0.454 e. The number of fused-ring (bicyclic) bond motifs is 1. The van der Waals surface area contributed by atoms with Gasteiger partial charge in [-0.3, -0.25) is 9.52 Å². The van der Waals surface area contributed by atoms with E-state index >= 15 is 0 Å². The lowest BCUT2D eigenvalue weighted by atomic mass is 10.3. The molecular formula is C12H13N5O5S. The third-order valence-corrected chi connectivity index (χ3v) is 3.35. The number of anilines is 2. The predicted octanol–water partition coefficient (Wildman–Crippen LogP) is 0.0170. The van der Waals surface area contributed by atoms with Crippen LogP contribution in [-0.2, 0) is 21.4 Å². The van der Waals surface area contributed by atoms with E-state index in [-0.39, 0.29) is 25.1 Å². The molecule has 23 heavy (non-hydrogen) atoms. The van der Waals surface area contributed by atoms with Crippen LogP contribution in [0.15, 0.2) is 24.4 Å². The van der Waals surface area contributed by atoms with Crippen molar-refractivity contribution in [2.75, 3.05) is 23.1 Å². The molecule has 0 fully saturated rings. The van der Waals surface area contributed by atoms with Gasteiger partial charge < -0.3 is 14.8 Å². The Kier molecular flexibility index (Phi) is 3.78. The molecule has 0 atom stereocenters. The summed E-state index contributed by atoms with van der Waals surface area (Å²) in [6, 6.07) is 5.02. The first-order chi connectivity index (χ1) is 10.9. The lowest BCUT2D eigenvalue weighted by Crippen LogP contribution is -2.20. The molecule has 1 aromatic heterocycles. The highest BCUT2D eigenvalue weighted by molar-refractivity contribution is 7.92. The molecule has 3 rings (SSSR count). The Morgan fingerprint density at radius 1 is 1.35 bits per heavy atom. The van der Waals surface area contributed by atoms with Crippen molar-refractivity contribution in [2.45, 2.75) is 6.54 Å². The van der Waals surface area contributed by atoms with E-state index in [1.165, 1.54) is 6.20 Å². The number of aromatic nitrogens is 3. The van der Waals surface area contributed by atoms with E-state index in [0.717, 1.165) is 11.1 Å². The number of hydrogen-bond acceptors (Lipinski definition) is 7. The molecule has 2 aromatic rings. The van der Waals surface area contributed by atoms with E-state index in [1.54, 1.807) is 18.2 Å². The molecule has 0 saturated carbocycles. The SMILES string of the molecule is CS(=O)(=O)Nc1cnn(CC(=O)Nc2ccc3c(c2)OCO3)n1. The number of carbonyl (C=O) groups excluding carboxylic acids is 1. The summed E-state index contributed by atoms with van der Waals surface area (Å²) in [6.45, 7) is -0.0140. The fourth-order valence-electron chi connectivity index (χ4n) is 1.91. The van der Waals surface area contributed by atoms with Gasteiger partial charge >= 0.3 is 0 Å². The maximum absolute atomic E-state index is 12.0. The van der Waals surface area contributed by atoms with Crippen molar-refractivity contribution < 1.29 is 22.7 Å². The number of ether oxygens (including phenoxy) is 2. The molecule has 1 aromatic carbocycles. The van der Waals surface area contributed by atoms with Crippen LogP contribution in [0.4, 0.5) is 11.5 Å². The quantitative estimate of drug-likeness (QED) is 0.786. The Hall–Kier alpha value is -2.82. The Balaban J connectivity index is 1.61. The zero-order chi connectivity index (χ0) is 16.4. The molecule has 1 aliphatic heterocycles. The number of sulfonamides is 1. The Bertz CT molecular complexity index is 847. The molecule has 10 nitrogen and oxygen atoms in total. The fourth-order valence-corrected chi connectivity index (χ4v) is 2.39. The van der Waals surface area contributed by atoms with E-state index < -0.39 is 10.0 Å². The zero-order valence-electron chi connectivity index (χ0n) is 12.0. The molecule has 0 radical (unpaired) electrons. The average Bonchev–Trinajstić information content (AvgIpc) is 3.05. The van der Waals surface area contributed by atoms with Gasteiger partial charge in [-0.05, 0) is 12.1 Å². The summed E-state index contributed by atoms with van der Waals surface area (Å²) in [6.07, 6.45) is 2.22. The van der Waals surface area contributed by atoms with Crippen molar-refractivity contribution in [3.8, 4) is 11.5 Å². The Morgan fingerprint density at radius 3 is 2.91 bits per heavy atom. The van der Waals surface area contributed by atoms with Crippen LogP contribution < -0.4 is 19.5 Å². The van der Waals surface area contributed by atoms with Gasteiger partial charge in [0.2, 0.25) is 22.7 Å². The molecule has 0 spiro atoms. The zero-order valence-corrected chi connectivity index (χ0v) is 12.8. The van der Waals surface area contributed by atoms with Gasteiger partial charge in [-0.25, -0.2) is 8.42 Å². The molecule has 0 unspecified atom stereocenters. The second-order valence-corrected chi connectivity index (χ2v) is 6.50. The van der Waals surface area contributed by atoms with Crippen molar-refractivity contribution in [1.29, 1.82) is 0 Å². The van der Waals surface area contributed by atoms with Gasteiger partial charge in [0.25, 0.3) is 0 Å². The molecule has 0 bridgehead atoms. The van der Waals surface area contributed by atoms with E-state index in [4.69, 9.17) is 9.47 Å². The van der Waals surface area contributed by atoms with Gasteiger partial charge in [0, 0.05) is 11.8 Å². The highest BCUT2D eigenvalue weighted by Crippen LogP contribution is 2.34. The van der Waals surface area contributed by atoms with Crippen LogP contribution in [0, 0.1) is 0 Å². The van der Waals surface area contributed by atoms with Gasteiger partial charge in [-0.15, -0.1) is 5.10 Å². The Labute approximate surface area is 131 Å². The highest BCUT2D eigenvalue weighted by Gasteiger charge is 2.15. The maximum Gasteiger partial charge on any atom is 0.247 e. The van der Waals surface area contributed by atoms with Crippen molar-refractivity contribution in [1.82, 2.24) is 15.0 Å². The standard InChI is InChI=1S/C12H13N5O5S/c1-23(19,20)16-11-5-13-17(15-11)6-12(18)14-8-2-3-9-10(4-8)22-7-21-9/h2-5H,6-7H2,1H3,(H,14,18)(H,15,16). The molecule has 2 heterocycles. The lowest BCUT2D eigenvalue weighted by Gasteiger charge is -2.05. The Morgan fingerprint density at radius 2 is 2.13 bits per heavy atom. The van der Waals surface area contributed by atoms with Crippen LogP contribution in [0.3, 0.4) is 0 Å². The number of benzene rings is 1. The van der Waals surface area contributed by atoms with E-state index in [2.05, 4.69) is 20.2 Å². The summed E-state index contributed by atoms with van der Waals surface area (Å²) in [5.41, 5.74) is 0.542. The van der Waals surface area contributed by atoms with Crippen molar-refractivity contribution in [3.63, 3.8) is 0 Å². The van der Waals surface area contributed by atoms with Crippen LogP contribution in [0.5, 0.6) is 11.5 Å². The molecule has 0 aliphatic carbocycles. The van der Waals surface area contributed by atoms with Gasteiger partial charge in [-0.1, -0.05) is 0 Å². The maximum atomic E-state index is 12.0. The first-order valence-corrected chi connectivity index (χ1v) is 8.36. The molecule has 1 aliphatic rings. The predicted molar refractivity (Wildman–Crippen MR) is 79.7 cm³/mol. The van der Waals surface area contributed by atoms with E-state index in [1.807, 2.05) is 0 Å². The number of rotatable bonds is 5. The number of nitrogens with zero attached hydrogens (tertiary/aromatic N) is 3.